The molecule has 0 spiro atoms. The summed E-state index contributed by atoms with van der Waals surface area (Å²) in [6.07, 6.45) is 7.37. The standard InChI is InChI=1S/C34H36N4O4/c1-39-33-7-3-5-28(19-33)23-38(22-27-9-11-31(12-10-27)37-16-15-35-26-37)32-13-14-36-30(21-32)25-42-18-17-41-24-29-6-4-8-34(20-29)40-2/h3-16,19-21,26H,17-18,22-25H2,1-2H3. The third-order valence-electron chi connectivity index (χ3n) is 6.81. The zero-order chi connectivity index (χ0) is 29.0. The van der Waals surface area contributed by atoms with Crippen molar-refractivity contribution in [1.29, 1.82) is 0 Å². The number of hydrogen-bond acceptors (Lipinski definition) is 7. The first-order chi connectivity index (χ1) is 20.7. The maximum absolute atomic E-state index is 5.90. The normalized spacial score (nSPS) is 10.9. The molecule has 3 aromatic carbocycles. The van der Waals surface area contributed by atoms with Crippen molar-refractivity contribution >= 4 is 5.69 Å². The Kier molecular flexibility index (Phi) is 10.2. The Bertz CT molecular complexity index is 1520. The fraction of sp³-hybridized carbons (Fsp3) is 0.235. The first kappa shape index (κ1) is 28.9. The SMILES string of the molecule is COc1cccc(COCCOCc2cc(N(Cc3ccc(-n4ccnc4)cc3)Cc3cccc(OC)c3)ccn2)c1. The van der Waals surface area contributed by atoms with Gasteiger partial charge >= 0.3 is 0 Å². The van der Waals surface area contributed by atoms with Crippen molar-refractivity contribution in [3.63, 3.8) is 0 Å². The number of hydrogen-bond donors (Lipinski definition) is 0. The summed E-state index contributed by atoms with van der Waals surface area (Å²) < 4.78 is 24.4. The van der Waals surface area contributed by atoms with Gasteiger partial charge in [-0.05, 0) is 65.2 Å². The molecule has 0 N–H and O–H groups in total. The largest absolute Gasteiger partial charge is 0.497 e. The van der Waals surface area contributed by atoms with Gasteiger partial charge in [0.15, 0.2) is 0 Å². The van der Waals surface area contributed by atoms with Crippen molar-refractivity contribution in [3.05, 3.63) is 132 Å². The number of pyridine rings is 1. The van der Waals surface area contributed by atoms with Crippen LogP contribution in [0.3, 0.4) is 0 Å². The molecule has 0 amide bonds. The first-order valence-electron chi connectivity index (χ1n) is 13.9. The smallest absolute Gasteiger partial charge is 0.119 e. The summed E-state index contributed by atoms with van der Waals surface area (Å²) >= 11 is 0. The molecule has 2 heterocycles. The minimum Gasteiger partial charge on any atom is -0.497 e. The fourth-order valence-electron chi connectivity index (χ4n) is 4.62. The molecule has 0 fully saturated rings. The average molecular weight is 565 g/mol. The summed E-state index contributed by atoms with van der Waals surface area (Å²) in [5, 5.41) is 0. The van der Waals surface area contributed by atoms with Gasteiger partial charge in [-0.15, -0.1) is 0 Å². The van der Waals surface area contributed by atoms with E-state index in [1.54, 1.807) is 26.7 Å². The molecule has 0 bridgehead atoms. The molecule has 216 valence electrons. The van der Waals surface area contributed by atoms with Crippen LogP contribution in [-0.2, 0) is 35.8 Å². The van der Waals surface area contributed by atoms with Crippen LogP contribution in [0, 0.1) is 0 Å². The van der Waals surface area contributed by atoms with E-state index in [1.165, 1.54) is 5.56 Å². The molecule has 0 saturated heterocycles. The second-order valence-corrected chi connectivity index (χ2v) is 9.81. The van der Waals surface area contributed by atoms with Crippen molar-refractivity contribution in [3.8, 4) is 17.2 Å². The highest BCUT2D eigenvalue weighted by Gasteiger charge is 2.12. The first-order valence-corrected chi connectivity index (χ1v) is 13.9. The average Bonchev–Trinajstić information content (AvgIpc) is 3.58. The number of aromatic nitrogens is 3. The van der Waals surface area contributed by atoms with Crippen LogP contribution >= 0.6 is 0 Å². The maximum Gasteiger partial charge on any atom is 0.119 e. The summed E-state index contributed by atoms with van der Waals surface area (Å²) in [5.41, 5.74) is 6.44. The second kappa shape index (κ2) is 14.8. The highest BCUT2D eigenvalue weighted by atomic mass is 16.5. The molecule has 0 saturated carbocycles. The van der Waals surface area contributed by atoms with Crippen LogP contribution in [0.2, 0.25) is 0 Å². The number of benzene rings is 3. The molecule has 5 aromatic rings. The summed E-state index contributed by atoms with van der Waals surface area (Å²) in [6.45, 7) is 3.33. The Morgan fingerprint density at radius 3 is 2.10 bits per heavy atom. The van der Waals surface area contributed by atoms with Gasteiger partial charge in [0, 0.05) is 43.1 Å². The van der Waals surface area contributed by atoms with E-state index in [-0.39, 0.29) is 0 Å². The predicted molar refractivity (Wildman–Crippen MR) is 163 cm³/mol. The zero-order valence-electron chi connectivity index (χ0n) is 24.1. The van der Waals surface area contributed by atoms with E-state index in [4.69, 9.17) is 18.9 Å². The summed E-state index contributed by atoms with van der Waals surface area (Å²) in [6, 6.07) is 28.7. The summed E-state index contributed by atoms with van der Waals surface area (Å²) in [7, 11) is 3.35. The topological polar surface area (TPSA) is 70.9 Å². The van der Waals surface area contributed by atoms with Crippen LogP contribution in [0.25, 0.3) is 5.69 Å². The molecule has 0 radical (unpaired) electrons. The highest BCUT2D eigenvalue weighted by molar-refractivity contribution is 5.49. The number of ether oxygens (including phenoxy) is 4. The van der Waals surface area contributed by atoms with Crippen molar-refractivity contribution in [1.82, 2.24) is 14.5 Å². The molecule has 42 heavy (non-hydrogen) atoms. The lowest BCUT2D eigenvalue weighted by Gasteiger charge is -2.26. The van der Waals surface area contributed by atoms with Crippen molar-refractivity contribution in [2.75, 3.05) is 32.3 Å². The molecule has 0 unspecified atom stereocenters. The monoisotopic (exact) mass is 564 g/mol. The maximum atomic E-state index is 5.90. The number of anilines is 1. The summed E-state index contributed by atoms with van der Waals surface area (Å²) in [4.78, 5) is 11.0. The van der Waals surface area contributed by atoms with Crippen LogP contribution in [0.15, 0.2) is 110 Å². The van der Waals surface area contributed by atoms with Gasteiger partial charge in [0.1, 0.15) is 11.5 Å². The van der Waals surface area contributed by atoms with Gasteiger partial charge in [0.05, 0.1) is 52.7 Å². The Balaban J connectivity index is 1.22. The lowest BCUT2D eigenvalue weighted by atomic mass is 10.1. The van der Waals surface area contributed by atoms with Gasteiger partial charge in [-0.25, -0.2) is 4.98 Å². The second-order valence-electron chi connectivity index (χ2n) is 9.81. The Hall–Kier alpha value is -4.66. The predicted octanol–water partition coefficient (Wildman–Crippen LogP) is 6.22. The van der Waals surface area contributed by atoms with E-state index in [0.29, 0.717) is 33.0 Å². The van der Waals surface area contributed by atoms with Gasteiger partial charge in [-0.3, -0.25) is 4.98 Å². The Labute approximate surface area is 247 Å². The van der Waals surface area contributed by atoms with Crippen LogP contribution in [0.4, 0.5) is 5.69 Å². The van der Waals surface area contributed by atoms with Crippen LogP contribution < -0.4 is 14.4 Å². The highest BCUT2D eigenvalue weighted by Crippen LogP contribution is 2.23. The van der Waals surface area contributed by atoms with E-state index in [1.807, 2.05) is 59.4 Å². The molecule has 0 aliphatic heterocycles. The lowest BCUT2D eigenvalue weighted by Crippen LogP contribution is -2.22. The zero-order valence-corrected chi connectivity index (χ0v) is 24.1. The van der Waals surface area contributed by atoms with Gasteiger partial charge in [-0.2, -0.15) is 0 Å². The van der Waals surface area contributed by atoms with Gasteiger partial charge in [0.25, 0.3) is 0 Å². The van der Waals surface area contributed by atoms with Crippen LogP contribution in [0.1, 0.15) is 22.4 Å². The minimum atomic E-state index is 0.406. The number of nitrogens with zero attached hydrogens (tertiary/aromatic N) is 4. The fourth-order valence-corrected chi connectivity index (χ4v) is 4.62. The number of methoxy groups -OCH3 is 2. The third kappa shape index (κ3) is 8.19. The molecule has 0 aliphatic rings. The van der Waals surface area contributed by atoms with E-state index < -0.39 is 0 Å². The van der Waals surface area contributed by atoms with E-state index >= 15 is 0 Å². The molecule has 0 atom stereocenters. The number of rotatable bonds is 15. The van der Waals surface area contributed by atoms with Crippen molar-refractivity contribution in [2.24, 2.45) is 0 Å². The molecule has 8 nitrogen and oxygen atoms in total. The van der Waals surface area contributed by atoms with Gasteiger partial charge in [-0.1, -0.05) is 36.4 Å². The van der Waals surface area contributed by atoms with Crippen molar-refractivity contribution in [2.45, 2.75) is 26.3 Å². The van der Waals surface area contributed by atoms with E-state index in [0.717, 1.165) is 46.2 Å². The quantitative estimate of drug-likeness (QED) is 0.140. The number of imidazole rings is 1. The van der Waals surface area contributed by atoms with E-state index in [9.17, 15) is 0 Å². The minimum absolute atomic E-state index is 0.406. The Morgan fingerprint density at radius 1 is 0.690 bits per heavy atom. The molecule has 8 heteroatoms. The molecular formula is C34H36N4O4. The molecule has 5 rings (SSSR count). The van der Waals surface area contributed by atoms with Crippen molar-refractivity contribution < 1.29 is 18.9 Å². The lowest BCUT2D eigenvalue weighted by molar-refractivity contribution is 0.0328. The van der Waals surface area contributed by atoms with Gasteiger partial charge < -0.3 is 28.4 Å². The van der Waals surface area contributed by atoms with Crippen LogP contribution in [-0.4, -0.2) is 42.0 Å². The van der Waals surface area contributed by atoms with E-state index in [2.05, 4.69) is 57.3 Å². The molecular weight excluding hydrogens is 528 g/mol. The molecule has 2 aromatic heterocycles. The summed E-state index contributed by atoms with van der Waals surface area (Å²) in [5.74, 6) is 1.67. The third-order valence-corrected chi connectivity index (χ3v) is 6.81. The van der Waals surface area contributed by atoms with Gasteiger partial charge in [0.2, 0.25) is 0 Å². The van der Waals surface area contributed by atoms with Crippen LogP contribution in [0.5, 0.6) is 11.5 Å². The Morgan fingerprint density at radius 2 is 1.38 bits per heavy atom. The molecule has 0 aliphatic carbocycles.